The first-order chi connectivity index (χ1) is 10.6. The molecule has 0 bridgehead atoms. The Morgan fingerprint density at radius 3 is 2.59 bits per heavy atom. The monoisotopic (exact) mass is 294 g/mol. The maximum atomic E-state index is 10.9. The smallest absolute Gasteiger partial charge is 0.335 e. The van der Waals surface area contributed by atoms with Crippen molar-refractivity contribution < 1.29 is 9.90 Å². The van der Waals surface area contributed by atoms with Crippen LogP contribution in [0.3, 0.4) is 0 Å². The van der Waals surface area contributed by atoms with Gasteiger partial charge in [0.05, 0.1) is 28.7 Å². The molecule has 0 radical (unpaired) electrons. The summed E-state index contributed by atoms with van der Waals surface area (Å²) in [6, 6.07) is 14.3. The average molecular weight is 294 g/mol. The van der Waals surface area contributed by atoms with Gasteiger partial charge in [-0.2, -0.15) is 10.2 Å². The Kier molecular flexibility index (Phi) is 3.57. The lowest BCUT2D eigenvalue weighted by Crippen LogP contribution is -2.25. The third-order valence-electron chi connectivity index (χ3n) is 3.34. The number of nitrogens with one attached hydrogen (secondary N) is 1. The molecule has 2 aromatic carbocycles. The summed E-state index contributed by atoms with van der Waals surface area (Å²) in [7, 11) is 1.85. The van der Waals surface area contributed by atoms with E-state index in [1.54, 1.807) is 35.5 Å². The summed E-state index contributed by atoms with van der Waals surface area (Å²) in [6.07, 6.45) is 1.66. The summed E-state index contributed by atoms with van der Waals surface area (Å²) in [4.78, 5) is 10.9. The molecular weight excluding hydrogens is 280 g/mol. The molecule has 3 aromatic rings. The molecule has 6 nitrogen and oxygen atoms in total. The van der Waals surface area contributed by atoms with E-state index in [0.717, 1.165) is 22.3 Å². The van der Waals surface area contributed by atoms with E-state index in [0.29, 0.717) is 0 Å². The van der Waals surface area contributed by atoms with Crippen LogP contribution in [0.2, 0.25) is 0 Å². The summed E-state index contributed by atoms with van der Waals surface area (Å²) in [5, 5.41) is 19.7. The number of aromatic carboxylic acids is 1. The first kappa shape index (κ1) is 13.8. The normalized spacial score (nSPS) is 10.4. The van der Waals surface area contributed by atoms with Crippen LogP contribution in [-0.4, -0.2) is 28.3 Å². The van der Waals surface area contributed by atoms with Gasteiger partial charge < -0.3 is 5.11 Å². The zero-order valence-electron chi connectivity index (χ0n) is 11.9. The minimum absolute atomic E-state index is 0.258. The number of hydrazine groups is 1. The van der Waals surface area contributed by atoms with Crippen molar-refractivity contribution in [2.24, 2.45) is 0 Å². The van der Waals surface area contributed by atoms with Crippen LogP contribution < -0.4 is 10.4 Å². The Labute approximate surface area is 127 Å². The highest BCUT2D eigenvalue weighted by Crippen LogP contribution is 2.22. The van der Waals surface area contributed by atoms with Gasteiger partial charge in [-0.25, -0.2) is 4.79 Å². The Morgan fingerprint density at radius 2 is 1.86 bits per heavy atom. The van der Waals surface area contributed by atoms with Crippen LogP contribution in [0.5, 0.6) is 0 Å². The Morgan fingerprint density at radius 1 is 1.14 bits per heavy atom. The molecule has 3 rings (SSSR count). The highest BCUT2D eigenvalue weighted by molar-refractivity contribution is 5.91. The van der Waals surface area contributed by atoms with Crippen molar-refractivity contribution in [3.63, 3.8) is 0 Å². The molecule has 0 unspecified atom stereocenters. The van der Waals surface area contributed by atoms with E-state index in [2.05, 4.69) is 15.6 Å². The van der Waals surface area contributed by atoms with Crippen LogP contribution in [-0.2, 0) is 0 Å². The third-order valence-corrected chi connectivity index (χ3v) is 3.34. The standard InChI is InChI=1S/C16H14N4O2/c1-20(12-8-6-11(7-9-12)16(21)22)19-15-10-17-18-14-5-3-2-4-13(14)15/h2-10H,1H3,(H,18,19)(H,21,22). The molecule has 0 aliphatic rings. The van der Waals surface area contributed by atoms with E-state index in [1.165, 1.54) is 0 Å². The topological polar surface area (TPSA) is 78.3 Å². The lowest BCUT2D eigenvalue weighted by atomic mass is 10.2. The van der Waals surface area contributed by atoms with Crippen molar-refractivity contribution in [2.45, 2.75) is 0 Å². The number of anilines is 2. The lowest BCUT2D eigenvalue weighted by Gasteiger charge is -2.22. The van der Waals surface area contributed by atoms with Gasteiger partial charge in [0.2, 0.25) is 0 Å². The summed E-state index contributed by atoms with van der Waals surface area (Å²) >= 11 is 0. The average Bonchev–Trinajstić information content (AvgIpc) is 2.55. The van der Waals surface area contributed by atoms with E-state index >= 15 is 0 Å². The number of hydrogen-bond donors (Lipinski definition) is 2. The molecule has 2 N–H and O–H groups in total. The molecule has 0 atom stereocenters. The van der Waals surface area contributed by atoms with Crippen LogP contribution in [0, 0.1) is 0 Å². The number of nitrogens with zero attached hydrogens (tertiary/aromatic N) is 3. The van der Waals surface area contributed by atoms with Crippen molar-refractivity contribution in [2.75, 3.05) is 17.5 Å². The van der Waals surface area contributed by atoms with Gasteiger partial charge in [-0.1, -0.05) is 18.2 Å². The van der Waals surface area contributed by atoms with Gasteiger partial charge >= 0.3 is 5.97 Å². The molecule has 0 spiro atoms. The molecule has 1 aromatic heterocycles. The number of carboxylic acid groups (broad SMARTS) is 1. The fourth-order valence-corrected chi connectivity index (χ4v) is 2.17. The quantitative estimate of drug-likeness (QED) is 0.720. The second-order valence-electron chi connectivity index (χ2n) is 4.80. The predicted octanol–water partition coefficient (Wildman–Crippen LogP) is 2.79. The maximum absolute atomic E-state index is 10.9. The molecule has 0 saturated carbocycles. The Bertz CT molecular complexity index is 812. The number of aromatic nitrogens is 2. The zero-order chi connectivity index (χ0) is 15.5. The van der Waals surface area contributed by atoms with Crippen molar-refractivity contribution in [3.8, 4) is 0 Å². The second-order valence-corrected chi connectivity index (χ2v) is 4.80. The summed E-state index contributed by atoms with van der Waals surface area (Å²) in [5.41, 5.74) is 5.97. The maximum Gasteiger partial charge on any atom is 0.335 e. The SMILES string of the molecule is CN(Nc1cnnc2ccccc12)c1ccc(C(=O)O)cc1. The van der Waals surface area contributed by atoms with Crippen LogP contribution >= 0.6 is 0 Å². The van der Waals surface area contributed by atoms with Gasteiger partial charge in [0.15, 0.2) is 0 Å². The molecule has 6 heteroatoms. The highest BCUT2D eigenvalue weighted by atomic mass is 16.4. The fraction of sp³-hybridized carbons (Fsp3) is 0.0625. The van der Waals surface area contributed by atoms with Crippen molar-refractivity contribution in [1.82, 2.24) is 10.2 Å². The van der Waals surface area contributed by atoms with Crippen molar-refractivity contribution >= 4 is 28.2 Å². The Hall–Kier alpha value is -3.15. The fourth-order valence-electron chi connectivity index (χ4n) is 2.17. The lowest BCUT2D eigenvalue weighted by molar-refractivity contribution is 0.0697. The van der Waals surface area contributed by atoms with Gasteiger partial charge in [0.25, 0.3) is 0 Å². The Balaban J connectivity index is 1.86. The van der Waals surface area contributed by atoms with E-state index in [9.17, 15) is 4.79 Å². The van der Waals surface area contributed by atoms with Gasteiger partial charge in [-0.3, -0.25) is 10.4 Å². The van der Waals surface area contributed by atoms with E-state index in [4.69, 9.17) is 5.11 Å². The number of carboxylic acids is 1. The van der Waals surface area contributed by atoms with Gasteiger partial charge in [-0.05, 0) is 30.3 Å². The van der Waals surface area contributed by atoms with Crippen LogP contribution in [0.15, 0.2) is 54.7 Å². The summed E-state index contributed by atoms with van der Waals surface area (Å²) in [5.74, 6) is -0.938. The van der Waals surface area contributed by atoms with E-state index in [-0.39, 0.29) is 5.56 Å². The van der Waals surface area contributed by atoms with Crippen molar-refractivity contribution in [3.05, 3.63) is 60.3 Å². The summed E-state index contributed by atoms with van der Waals surface area (Å²) in [6.45, 7) is 0. The summed E-state index contributed by atoms with van der Waals surface area (Å²) < 4.78 is 0. The largest absolute Gasteiger partial charge is 0.478 e. The number of rotatable bonds is 4. The van der Waals surface area contributed by atoms with Crippen LogP contribution in [0.1, 0.15) is 10.4 Å². The number of hydrogen-bond acceptors (Lipinski definition) is 5. The molecule has 0 amide bonds. The van der Waals surface area contributed by atoms with E-state index in [1.807, 2.05) is 31.3 Å². The molecule has 0 fully saturated rings. The minimum atomic E-state index is -0.938. The highest BCUT2D eigenvalue weighted by Gasteiger charge is 2.07. The minimum Gasteiger partial charge on any atom is -0.478 e. The first-order valence-electron chi connectivity index (χ1n) is 6.69. The molecule has 22 heavy (non-hydrogen) atoms. The number of carbonyl (C=O) groups is 1. The molecule has 1 heterocycles. The molecular formula is C16H14N4O2. The van der Waals surface area contributed by atoms with Gasteiger partial charge in [0, 0.05) is 12.4 Å². The number of fused-ring (bicyclic) bond motifs is 1. The number of benzene rings is 2. The molecule has 110 valence electrons. The van der Waals surface area contributed by atoms with E-state index < -0.39 is 5.97 Å². The zero-order valence-corrected chi connectivity index (χ0v) is 11.9. The second kappa shape index (κ2) is 5.69. The van der Waals surface area contributed by atoms with Crippen LogP contribution in [0.4, 0.5) is 11.4 Å². The molecule has 0 aliphatic heterocycles. The third kappa shape index (κ3) is 2.67. The van der Waals surface area contributed by atoms with Crippen molar-refractivity contribution in [1.29, 1.82) is 0 Å². The first-order valence-corrected chi connectivity index (χ1v) is 6.69. The van der Waals surface area contributed by atoms with Gasteiger partial charge in [-0.15, -0.1) is 0 Å². The van der Waals surface area contributed by atoms with Crippen LogP contribution in [0.25, 0.3) is 10.9 Å². The predicted molar refractivity (Wildman–Crippen MR) is 85.0 cm³/mol. The molecule has 0 aliphatic carbocycles. The molecule has 0 saturated heterocycles. The van der Waals surface area contributed by atoms with Gasteiger partial charge in [0.1, 0.15) is 0 Å².